The molecule has 4 nitrogen and oxygen atoms in total. The fourth-order valence-corrected chi connectivity index (χ4v) is 2.39. The second kappa shape index (κ2) is 8.56. The molecule has 0 aliphatic carbocycles. The normalized spacial score (nSPS) is 11.7. The Hall–Kier alpha value is -2.49. The van der Waals surface area contributed by atoms with Crippen molar-refractivity contribution in [1.29, 1.82) is 0 Å². The van der Waals surface area contributed by atoms with Crippen molar-refractivity contribution in [2.75, 3.05) is 13.2 Å². The van der Waals surface area contributed by atoms with Gasteiger partial charge in [-0.3, -0.25) is 4.79 Å². The number of aryl methyl sites for hydroxylation is 3. The Bertz CT molecular complexity index is 740. The van der Waals surface area contributed by atoms with Crippen LogP contribution in [-0.2, 0) is 4.79 Å². The summed E-state index contributed by atoms with van der Waals surface area (Å²) in [5, 5.41) is 2.84. The fraction of sp³-hybridized carbons (Fsp3) is 0.381. The van der Waals surface area contributed by atoms with Crippen molar-refractivity contribution in [2.45, 2.75) is 40.7 Å². The second-order valence-electron chi connectivity index (χ2n) is 6.34. The molecule has 1 amide bonds. The van der Waals surface area contributed by atoms with Crippen molar-refractivity contribution in [3.8, 4) is 11.5 Å². The van der Waals surface area contributed by atoms with Gasteiger partial charge in [-0.1, -0.05) is 18.2 Å². The third-order valence-electron chi connectivity index (χ3n) is 4.38. The number of ether oxygens (including phenoxy) is 2. The van der Waals surface area contributed by atoms with E-state index in [0.717, 1.165) is 22.6 Å². The molecule has 0 saturated heterocycles. The first-order valence-electron chi connectivity index (χ1n) is 8.59. The van der Waals surface area contributed by atoms with E-state index in [0.29, 0.717) is 13.2 Å². The molecule has 2 aromatic rings. The molecule has 0 heterocycles. The lowest BCUT2D eigenvalue weighted by Gasteiger charge is -2.17. The summed E-state index contributed by atoms with van der Waals surface area (Å²) in [7, 11) is 0. The van der Waals surface area contributed by atoms with Gasteiger partial charge in [0.05, 0.1) is 6.54 Å². The minimum absolute atomic E-state index is 0.149. The largest absolute Gasteiger partial charge is 0.492 e. The Morgan fingerprint density at radius 2 is 1.80 bits per heavy atom. The highest BCUT2D eigenvalue weighted by Crippen LogP contribution is 2.21. The van der Waals surface area contributed by atoms with Crippen molar-refractivity contribution >= 4 is 5.91 Å². The molecule has 0 fully saturated rings. The maximum absolute atomic E-state index is 12.2. The number of hydrogen-bond acceptors (Lipinski definition) is 3. The number of nitrogens with one attached hydrogen (secondary N) is 1. The molecule has 0 saturated carbocycles. The predicted molar refractivity (Wildman–Crippen MR) is 100 cm³/mol. The van der Waals surface area contributed by atoms with Gasteiger partial charge in [-0.15, -0.1) is 0 Å². The van der Waals surface area contributed by atoms with Gasteiger partial charge < -0.3 is 14.8 Å². The lowest BCUT2D eigenvalue weighted by Crippen LogP contribution is -2.38. The van der Waals surface area contributed by atoms with Crippen molar-refractivity contribution in [3.63, 3.8) is 0 Å². The van der Waals surface area contributed by atoms with Crippen LogP contribution in [0, 0.1) is 27.7 Å². The van der Waals surface area contributed by atoms with Gasteiger partial charge in [0, 0.05) is 0 Å². The van der Waals surface area contributed by atoms with Crippen LogP contribution in [-0.4, -0.2) is 25.2 Å². The van der Waals surface area contributed by atoms with Crippen LogP contribution in [0.4, 0.5) is 0 Å². The van der Waals surface area contributed by atoms with Crippen molar-refractivity contribution in [3.05, 3.63) is 58.7 Å². The Labute approximate surface area is 150 Å². The van der Waals surface area contributed by atoms with Gasteiger partial charge >= 0.3 is 0 Å². The van der Waals surface area contributed by atoms with E-state index in [1.54, 1.807) is 6.92 Å². The quantitative estimate of drug-likeness (QED) is 0.778. The molecular formula is C21H27NO3. The molecule has 2 aromatic carbocycles. The Kier molecular flexibility index (Phi) is 6.45. The number of rotatable bonds is 7. The molecule has 1 N–H and O–H groups in total. The van der Waals surface area contributed by atoms with Crippen LogP contribution < -0.4 is 14.8 Å². The third-order valence-corrected chi connectivity index (χ3v) is 4.38. The molecule has 4 heteroatoms. The minimum Gasteiger partial charge on any atom is -0.492 e. The van der Waals surface area contributed by atoms with Crippen LogP contribution in [0.25, 0.3) is 0 Å². The Morgan fingerprint density at radius 1 is 1.04 bits per heavy atom. The van der Waals surface area contributed by atoms with E-state index in [1.165, 1.54) is 11.1 Å². The van der Waals surface area contributed by atoms with Crippen LogP contribution in [0.2, 0.25) is 0 Å². The standard InChI is InChI=1S/C21H27NO3/c1-14-9-10-19(13-16(14)3)24-12-11-22-21(23)18(5)25-20-8-6-7-15(2)17(20)4/h6-10,13,18H,11-12H2,1-5H3,(H,22,23)/t18-/m1/s1. The molecule has 0 aliphatic heterocycles. The third kappa shape index (κ3) is 5.24. The summed E-state index contributed by atoms with van der Waals surface area (Å²) in [6.07, 6.45) is -0.554. The average Bonchev–Trinajstić information content (AvgIpc) is 2.58. The van der Waals surface area contributed by atoms with Gasteiger partial charge in [-0.2, -0.15) is 0 Å². The first-order valence-corrected chi connectivity index (χ1v) is 8.59. The summed E-state index contributed by atoms with van der Waals surface area (Å²) in [5.41, 5.74) is 4.63. The SMILES string of the molecule is Cc1ccc(OCCNC(=O)[C@@H](C)Oc2cccc(C)c2C)cc1C. The number of benzene rings is 2. The molecule has 0 bridgehead atoms. The van der Waals surface area contributed by atoms with Crippen LogP contribution >= 0.6 is 0 Å². The number of carbonyl (C=O) groups is 1. The van der Waals surface area contributed by atoms with Crippen LogP contribution in [0.5, 0.6) is 11.5 Å². The summed E-state index contributed by atoms with van der Waals surface area (Å²) in [5.74, 6) is 1.41. The first kappa shape index (κ1) is 18.8. The highest BCUT2D eigenvalue weighted by Gasteiger charge is 2.15. The number of carbonyl (C=O) groups excluding carboxylic acids is 1. The van der Waals surface area contributed by atoms with E-state index in [-0.39, 0.29) is 5.91 Å². The first-order chi connectivity index (χ1) is 11.9. The zero-order valence-corrected chi connectivity index (χ0v) is 15.7. The summed E-state index contributed by atoms with van der Waals surface area (Å²) in [6.45, 7) is 10.7. The van der Waals surface area contributed by atoms with Gasteiger partial charge in [-0.05, 0) is 75.1 Å². The predicted octanol–water partition coefficient (Wildman–Crippen LogP) is 3.88. The Balaban J connectivity index is 1.77. The van der Waals surface area contributed by atoms with Crippen LogP contribution in [0.3, 0.4) is 0 Å². The highest BCUT2D eigenvalue weighted by molar-refractivity contribution is 5.80. The lowest BCUT2D eigenvalue weighted by molar-refractivity contribution is -0.127. The summed E-state index contributed by atoms with van der Waals surface area (Å²) >= 11 is 0. The minimum atomic E-state index is -0.554. The van der Waals surface area contributed by atoms with E-state index in [9.17, 15) is 4.79 Å². The topological polar surface area (TPSA) is 47.6 Å². The van der Waals surface area contributed by atoms with Gasteiger partial charge in [0.1, 0.15) is 18.1 Å². The summed E-state index contributed by atoms with van der Waals surface area (Å²) in [4.78, 5) is 12.2. The zero-order valence-electron chi connectivity index (χ0n) is 15.7. The molecule has 1 atom stereocenters. The average molecular weight is 341 g/mol. The Morgan fingerprint density at radius 3 is 2.52 bits per heavy atom. The van der Waals surface area contributed by atoms with Gasteiger partial charge in [0.2, 0.25) is 0 Å². The van der Waals surface area contributed by atoms with Crippen molar-refractivity contribution in [2.24, 2.45) is 0 Å². The van der Waals surface area contributed by atoms with Gasteiger partial charge in [0.15, 0.2) is 6.10 Å². The smallest absolute Gasteiger partial charge is 0.260 e. The summed E-state index contributed by atoms with van der Waals surface area (Å²) in [6, 6.07) is 11.8. The fourth-order valence-electron chi connectivity index (χ4n) is 2.39. The molecular weight excluding hydrogens is 314 g/mol. The van der Waals surface area contributed by atoms with E-state index in [4.69, 9.17) is 9.47 Å². The van der Waals surface area contributed by atoms with Gasteiger partial charge in [0.25, 0.3) is 5.91 Å². The molecule has 25 heavy (non-hydrogen) atoms. The van der Waals surface area contributed by atoms with Crippen LogP contribution in [0.1, 0.15) is 29.2 Å². The molecule has 0 radical (unpaired) electrons. The van der Waals surface area contributed by atoms with E-state index in [2.05, 4.69) is 19.2 Å². The molecule has 134 valence electrons. The molecule has 0 spiro atoms. The molecule has 0 unspecified atom stereocenters. The van der Waals surface area contributed by atoms with Crippen molar-refractivity contribution in [1.82, 2.24) is 5.32 Å². The number of hydrogen-bond donors (Lipinski definition) is 1. The monoisotopic (exact) mass is 341 g/mol. The highest BCUT2D eigenvalue weighted by atomic mass is 16.5. The van der Waals surface area contributed by atoms with Crippen molar-refractivity contribution < 1.29 is 14.3 Å². The summed E-state index contributed by atoms with van der Waals surface area (Å²) < 4.78 is 11.4. The van der Waals surface area contributed by atoms with E-state index in [1.807, 2.05) is 50.2 Å². The lowest BCUT2D eigenvalue weighted by atomic mass is 10.1. The van der Waals surface area contributed by atoms with Crippen LogP contribution in [0.15, 0.2) is 36.4 Å². The number of amides is 1. The van der Waals surface area contributed by atoms with E-state index < -0.39 is 6.10 Å². The van der Waals surface area contributed by atoms with E-state index >= 15 is 0 Å². The molecule has 0 aliphatic rings. The maximum Gasteiger partial charge on any atom is 0.260 e. The molecule has 2 rings (SSSR count). The van der Waals surface area contributed by atoms with Gasteiger partial charge in [-0.25, -0.2) is 0 Å². The molecule has 0 aromatic heterocycles. The second-order valence-corrected chi connectivity index (χ2v) is 6.34. The maximum atomic E-state index is 12.2. The zero-order chi connectivity index (χ0) is 18.4.